The maximum Gasteiger partial charge on any atom is 0.137 e. The van der Waals surface area contributed by atoms with Crippen molar-refractivity contribution in [3.8, 4) is 5.75 Å². The van der Waals surface area contributed by atoms with E-state index in [9.17, 15) is 0 Å². The molecule has 2 heteroatoms. The number of benzene rings is 1. The van der Waals surface area contributed by atoms with Gasteiger partial charge in [0.05, 0.1) is 11.6 Å². The lowest BCUT2D eigenvalue weighted by Crippen LogP contribution is -1.97. The molecule has 0 aliphatic rings. The minimum Gasteiger partial charge on any atom is -0.492 e. The lowest BCUT2D eigenvalue weighted by Gasteiger charge is -2.07. The van der Waals surface area contributed by atoms with Crippen LogP contribution >= 0.6 is 11.6 Å². The van der Waals surface area contributed by atoms with E-state index in [0.717, 1.165) is 18.8 Å². The molecule has 84 valence electrons. The number of ether oxygens (including phenoxy) is 1. The van der Waals surface area contributed by atoms with E-state index < -0.39 is 0 Å². The van der Waals surface area contributed by atoms with Crippen molar-refractivity contribution in [3.63, 3.8) is 0 Å². The Morgan fingerprint density at radius 1 is 1.07 bits per heavy atom. The summed E-state index contributed by atoms with van der Waals surface area (Å²) in [5.41, 5.74) is 0. The molecule has 15 heavy (non-hydrogen) atoms. The maximum atomic E-state index is 5.96. The third kappa shape index (κ3) is 5.08. The van der Waals surface area contributed by atoms with Crippen LogP contribution in [0.2, 0.25) is 5.02 Å². The highest BCUT2D eigenvalue weighted by Crippen LogP contribution is 2.23. The molecule has 0 spiro atoms. The molecule has 0 aliphatic heterocycles. The van der Waals surface area contributed by atoms with Crippen LogP contribution in [0.1, 0.15) is 39.0 Å². The third-order valence-corrected chi connectivity index (χ3v) is 2.65. The van der Waals surface area contributed by atoms with Gasteiger partial charge in [-0.05, 0) is 18.6 Å². The average molecular weight is 227 g/mol. The molecule has 0 heterocycles. The van der Waals surface area contributed by atoms with Crippen LogP contribution in [0.15, 0.2) is 24.3 Å². The van der Waals surface area contributed by atoms with Gasteiger partial charge in [-0.1, -0.05) is 56.3 Å². The number of halogens is 1. The summed E-state index contributed by atoms with van der Waals surface area (Å²) < 4.78 is 5.59. The topological polar surface area (TPSA) is 9.23 Å². The van der Waals surface area contributed by atoms with Crippen LogP contribution in [0, 0.1) is 0 Å². The number of hydrogen-bond acceptors (Lipinski definition) is 1. The van der Waals surface area contributed by atoms with Gasteiger partial charge in [-0.25, -0.2) is 0 Å². The van der Waals surface area contributed by atoms with Crippen LogP contribution in [-0.4, -0.2) is 6.61 Å². The van der Waals surface area contributed by atoms with E-state index >= 15 is 0 Å². The molecule has 0 bridgehead atoms. The third-order valence-electron chi connectivity index (χ3n) is 2.34. The molecule has 0 fully saturated rings. The fourth-order valence-corrected chi connectivity index (χ4v) is 1.64. The summed E-state index contributed by atoms with van der Waals surface area (Å²) in [5, 5.41) is 0.700. The molecule has 0 unspecified atom stereocenters. The molecule has 0 saturated heterocycles. The van der Waals surface area contributed by atoms with Crippen molar-refractivity contribution in [2.45, 2.75) is 39.0 Å². The first-order valence-corrected chi connectivity index (χ1v) is 6.09. The Bertz CT molecular complexity index is 273. The van der Waals surface area contributed by atoms with Gasteiger partial charge in [0, 0.05) is 0 Å². The Kier molecular flexibility index (Phi) is 6.26. The van der Waals surface area contributed by atoms with E-state index in [-0.39, 0.29) is 0 Å². The molecular weight excluding hydrogens is 208 g/mol. The highest BCUT2D eigenvalue weighted by molar-refractivity contribution is 6.32. The zero-order valence-electron chi connectivity index (χ0n) is 9.34. The van der Waals surface area contributed by atoms with E-state index in [2.05, 4.69) is 6.92 Å². The summed E-state index contributed by atoms with van der Waals surface area (Å²) >= 11 is 5.96. The lowest BCUT2D eigenvalue weighted by atomic mass is 10.2. The number of unbranched alkanes of at least 4 members (excludes halogenated alkanes) is 4. The van der Waals surface area contributed by atoms with E-state index in [0.29, 0.717) is 5.02 Å². The maximum absolute atomic E-state index is 5.96. The molecular formula is C13H19ClO. The van der Waals surface area contributed by atoms with Crippen LogP contribution in [0.25, 0.3) is 0 Å². The molecule has 0 aromatic heterocycles. The largest absolute Gasteiger partial charge is 0.492 e. The molecule has 0 atom stereocenters. The first-order valence-electron chi connectivity index (χ1n) is 5.72. The fraction of sp³-hybridized carbons (Fsp3) is 0.538. The second kappa shape index (κ2) is 7.58. The smallest absolute Gasteiger partial charge is 0.137 e. The molecule has 1 aromatic rings. The van der Waals surface area contributed by atoms with Gasteiger partial charge in [-0.15, -0.1) is 0 Å². The number of para-hydroxylation sites is 1. The lowest BCUT2D eigenvalue weighted by molar-refractivity contribution is 0.305. The second-order valence-corrected chi connectivity index (χ2v) is 4.10. The Labute approximate surface area is 97.4 Å². The van der Waals surface area contributed by atoms with Crippen LogP contribution in [0.3, 0.4) is 0 Å². The van der Waals surface area contributed by atoms with E-state index in [1.165, 1.54) is 25.7 Å². The average Bonchev–Trinajstić information content (AvgIpc) is 2.25. The molecule has 0 aliphatic carbocycles. The summed E-state index contributed by atoms with van der Waals surface area (Å²) in [6.07, 6.45) is 6.28. The highest BCUT2D eigenvalue weighted by atomic mass is 35.5. The fourth-order valence-electron chi connectivity index (χ4n) is 1.45. The second-order valence-electron chi connectivity index (χ2n) is 3.69. The van der Waals surface area contributed by atoms with Crippen molar-refractivity contribution in [3.05, 3.63) is 29.3 Å². The van der Waals surface area contributed by atoms with Gasteiger partial charge in [-0.2, -0.15) is 0 Å². The highest BCUT2D eigenvalue weighted by Gasteiger charge is 1.98. The molecule has 0 radical (unpaired) electrons. The van der Waals surface area contributed by atoms with Crippen LogP contribution in [0.5, 0.6) is 5.75 Å². The Balaban J connectivity index is 2.12. The number of rotatable bonds is 7. The van der Waals surface area contributed by atoms with Gasteiger partial charge in [0.15, 0.2) is 0 Å². The van der Waals surface area contributed by atoms with Gasteiger partial charge in [0.25, 0.3) is 0 Å². The molecule has 0 amide bonds. The van der Waals surface area contributed by atoms with Crippen LogP contribution in [0.4, 0.5) is 0 Å². The van der Waals surface area contributed by atoms with Crippen LogP contribution in [-0.2, 0) is 0 Å². The summed E-state index contributed by atoms with van der Waals surface area (Å²) in [7, 11) is 0. The van der Waals surface area contributed by atoms with Crippen molar-refractivity contribution in [1.29, 1.82) is 0 Å². The predicted molar refractivity (Wildman–Crippen MR) is 65.7 cm³/mol. The Morgan fingerprint density at radius 3 is 2.53 bits per heavy atom. The molecule has 0 N–H and O–H groups in total. The molecule has 1 rings (SSSR count). The van der Waals surface area contributed by atoms with Gasteiger partial charge in [0.1, 0.15) is 5.75 Å². The minimum absolute atomic E-state index is 0.700. The quantitative estimate of drug-likeness (QED) is 0.613. The SMILES string of the molecule is CCCCCCCOc1ccccc1Cl. The van der Waals surface area contributed by atoms with Crippen molar-refractivity contribution in [2.24, 2.45) is 0 Å². The number of hydrogen-bond donors (Lipinski definition) is 0. The van der Waals surface area contributed by atoms with Crippen molar-refractivity contribution in [1.82, 2.24) is 0 Å². The van der Waals surface area contributed by atoms with E-state index in [1.807, 2.05) is 24.3 Å². The Morgan fingerprint density at radius 2 is 1.80 bits per heavy atom. The summed E-state index contributed by atoms with van der Waals surface area (Å²) in [5.74, 6) is 0.801. The van der Waals surface area contributed by atoms with E-state index in [1.54, 1.807) is 0 Å². The zero-order chi connectivity index (χ0) is 10.9. The summed E-state index contributed by atoms with van der Waals surface area (Å²) in [6, 6.07) is 7.62. The first-order chi connectivity index (χ1) is 7.34. The van der Waals surface area contributed by atoms with Crippen molar-refractivity contribution < 1.29 is 4.74 Å². The normalized spacial score (nSPS) is 10.3. The van der Waals surface area contributed by atoms with Crippen LogP contribution < -0.4 is 4.74 Å². The van der Waals surface area contributed by atoms with Gasteiger partial charge in [-0.3, -0.25) is 0 Å². The summed E-state index contributed by atoms with van der Waals surface area (Å²) in [6.45, 7) is 2.99. The molecule has 1 aromatic carbocycles. The first kappa shape index (κ1) is 12.4. The zero-order valence-corrected chi connectivity index (χ0v) is 10.1. The minimum atomic E-state index is 0.700. The van der Waals surface area contributed by atoms with E-state index in [4.69, 9.17) is 16.3 Å². The molecule has 1 nitrogen and oxygen atoms in total. The van der Waals surface area contributed by atoms with Gasteiger partial charge in [0.2, 0.25) is 0 Å². The Hall–Kier alpha value is -0.690. The molecule has 0 saturated carbocycles. The van der Waals surface area contributed by atoms with Gasteiger partial charge < -0.3 is 4.74 Å². The van der Waals surface area contributed by atoms with Gasteiger partial charge >= 0.3 is 0 Å². The monoisotopic (exact) mass is 226 g/mol. The standard InChI is InChI=1S/C13H19ClO/c1-2-3-4-5-8-11-15-13-10-7-6-9-12(13)14/h6-7,9-10H,2-5,8,11H2,1H3. The predicted octanol–water partition coefficient (Wildman–Crippen LogP) is 4.69. The van der Waals surface area contributed by atoms with Crippen molar-refractivity contribution >= 4 is 11.6 Å². The van der Waals surface area contributed by atoms with Crippen molar-refractivity contribution in [2.75, 3.05) is 6.61 Å². The summed E-state index contributed by atoms with van der Waals surface area (Å²) in [4.78, 5) is 0.